The van der Waals surface area contributed by atoms with Crippen LogP contribution in [0.25, 0.3) is 0 Å². The van der Waals surface area contributed by atoms with Crippen LogP contribution in [0.1, 0.15) is 17.2 Å². The first-order valence-corrected chi connectivity index (χ1v) is 4.20. The maximum atomic E-state index is 10.7. The van der Waals surface area contributed by atoms with Gasteiger partial charge in [-0.1, -0.05) is 29.8 Å². The minimum Gasteiger partial charge on any atom is -0.367 e. The molecule has 1 saturated heterocycles. The first-order chi connectivity index (χ1) is 6.18. The minimum absolute atomic E-state index is 0.113. The molecule has 0 aromatic heterocycles. The number of primary amides is 1. The second kappa shape index (κ2) is 2.85. The second-order valence-electron chi connectivity index (χ2n) is 3.29. The van der Waals surface area contributed by atoms with Crippen LogP contribution in [-0.4, -0.2) is 12.0 Å². The number of hydrogen-bond donors (Lipinski definition) is 1. The van der Waals surface area contributed by atoms with E-state index in [0.717, 1.165) is 5.56 Å². The lowest BCUT2D eigenvalue weighted by atomic mass is 10.1. The van der Waals surface area contributed by atoms with E-state index in [1.54, 1.807) is 0 Å². The van der Waals surface area contributed by atoms with Crippen molar-refractivity contribution in [1.82, 2.24) is 0 Å². The molecule has 1 aromatic carbocycles. The summed E-state index contributed by atoms with van der Waals surface area (Å²) in [4.78, 5) is 10.7. The van der Waals surface area contributed by atoms with Crippen molar-refractivity contribution >= 4 is 5.91 Å². The van der Waals surface area contributed by atoms with Gasteiger partial charge in [0.15, 0.2) is 6.10 Å². The van der Waals surface area contributed by atoms with Crippen molar-refractivity contribution in [2.75, 3.05) is 0 Å². The number of rotatable bonds is 2. The molecule has 1 heterocycles. The van der Waals surface area contributed by atoms with Gasteiger partial charge in [0.05, 0.1) is 0 Å². The molecular weight excluding hydrogens is 166 g/mol. The van der Waals surface area contributed by atoms with Gasteiger partial charge in [0.25, 0.3) is 0 Å². The van der Waals surface area contributed by atoms with E-state index in [-0.39, 0.29) is 12.0 Å². The fraction of sp³-hybridized carbons (Fsp3) is 0.300. The number of carbonyl (C=O) groups excluding carboxylic acids is 1. The Bertz CT molecular complexity index is 331. The molecule has 1 aromatic rings. The number of aryl methyl sites for hydroxylation is 1. The van der Waals surface area contributed by atoms with Crippen LogP contribution in [0.2, 0.25) is 0 Å². The van der Waals surface area contributed by atoms with Gasteiger partial charge in [-0.15, -0.1) is 0 Å². The first-order valence-electron chi connectivity index (χ1n) is 4.20. The molecule has 2 N–H and O–H groups in total. The van der Waals surface area contributed by atoms with Crippen molar-refractivity contribution in [3.63, 3.8) is 0 Å². The Morgan fingerprint density at radius 2 is 2.00 bits per heavy atom. The maximum Gasteiger partial charge on any atom is 0.249 e. The molecule has 0 bridgehead atoms. The Morgan fingerprint density at radius 1 is 1.38 bits per heavy atom. The van der Waals surface area contributed by atoms with Crippen LogP contribution >= 0.6 is 0 Å². The number of epoxide rings is 1. The van der Waals surface area contributed by atoms with E-state index in [4.69, 9.17) is 10.5 Å². The number of ether oxygens (including phenoxy) is 1. The summed E-state index contributed by atoms with van der Waals surface area (Å²) in [5.74, 6) is -0.384. The normalized spacial score (nSPS) is 25.6. The lowest BCUT2D eigenvalue weighted by molar-refractivity contribution is -0.119. The number of benzene rings is 1. The predicted octanol–water partition coefficient (Wildman–Crippen LogP) is 0.920. The molecule has 13 heavy (non-hydrogen) atoms. The summed E-state index contributed by atoms with van der Waals surface area (Å²) in [7, 11) is 0. The lowest BCUT2D eigenvalue weighted by Crippen LogP contribution is -2.18. The van der Waals surface area contributed by atoms with Gasteiger partial charge < -0.3 is 10.5 Å². The largest absolute Gasteiger partial charge is 0.367 e. The van der Waals surface area contributed by atoms with Crippen molar-refractivity contribution in [3.8, 4) is 0 Å². The molecule has 0 spiro atoms. The SMILES string of the molecule is Cc1ccc([C@H]2O[C@@H]2C(N)=O)cc1. The molecule has 3 nitrogen and oxygen atoms in total. The number of hydrogen-bond acceptors (Lipinski definition) is 2. The van der Waals surface area contributed by atoms with E-state index < -0.39 is 6.10 Å². The van der Waals surface area contributed by atoms with Gasteiger partial charge in [-0.3, -0.25) is 4.79 Å². The molecule has 1 fully saturated rings. The maximum absolute atomic E-state index is 10.7. The van der Waals surface area contributed by atoms with Crippen molar-refractivity contribution < 1.29 is 9.53 Å². The van der Waals surface area contributed by atoms with E-state index >= 15 is 0 Å². The third kappa shape index (κ3) is 1.55. The Morgan fingerprint density at radius 3 is 2.46 bits per heavy atom. The molecule has 3 heteroatoms. The molecule has 2 rings (SSSR count). The summed E-state index contributed by atoms with van der Waals surface area (Å²) in [6, 6.07) is 7.91. The third-order valence-electron chi connectivity index (χ3n) is 2.18. The summed E-state index contributed by atoms with van der Waals surface area (Å²) in [5.41, 5.74) is 7.31. The monoisotopic (exact) mass is 177 g/mol. The number of nitrogens with two attached hydrogens (primary N) is 1. The number of carbonyl (C=O) groups is 1. The topological polar surface area (TPSA) is 55.6 Å². The lowest BCUT2D eigenvalue weighted by Gasteiger charge is -1.95. The highest BCUT2D eigenvalue weighted by Gasteiger charge is 2.44. The molecule has 1 amide bonds. The second-order valence-corrected chi connectivity index (χ2v) is 3.29. The van der Waals surface area contributed by atoms with Crippen molar-refractivity contribution in [1.29, 1.82) is 0 Å². The molecule has 2 atom stereocenters. The van der Waals surface area contributed by atoms with E-state index in [9.17, 15) is 4.79 Å². The van der Waals surface area contributed by atoms with Gasteiger partial charge in [0.2, 0.25) is 5.91 Å². The highest BCUT2D eigenvalue weighted by Crippen LogP contribution is 2.38. The molecular formula is C10H11NO2. The molecule has 1 aliphatic heterocycles. The highest BCUT2D eigenvalue weighted by molar-refractivity contribution is 5.82. The average molecular weight is 177 g/mol. The van der Waals surface area contributed by atoms with E-state index in [0.29, 0.717) is 0 Å². The predicted molar refractivity (Wildman–Crippen MR) is 48.0 cm³/mol. The molecule has 1 aliphatic rings. The van der Waals surface area contributed by atoms with Gasteiger partial charge >= 0.3 is 0 Å². The Balaban J connectivity index is 2.12. The standard InChI is InChI=1S/C10H11NO2/c1-6-2-4-7(5-3-6)8-9(13-8)10(11)12/h2-5,8-9H,1H3,(H2,11,12)/t8-,9+/m1/s1. The first kappa shape index (κ1) is 8.26. The Labute approximate surface area is 76.5 Å². The minimum atomic E-state index is -0.414. The van der Waals surface area contributed by atoms with Crippen LogP contribution in [0, 0.1) is 6.92 Å². The van der Waals surface area contributed by atoms with Crippen molar-refractivity contribution in [2.24, 2.45) is 5.73 Å². The van der Waals surface area contributed by atoms with Gasteiger partial charge in [0.1, 0.15) is 6.10 Å². The van der Waals surface area contributed by atoms with E-state index in [1.165, 1.54) is 5.56 Å². The Kier molecular flexibility index (Phi) is 1.81. The van der Waals surface area contributed by atoms with Crippen molar-refractivity contribution in [2.45, 2.75) is 19.1 Å². The summed E-state index contributed by atoms with van der Waals surface area (Å²) in [6.07, 6.45) is -0.527. The van der Waals surface area contributed by atoms with Gasteiger partial charge in [-0.2, -0.15) is 0 Å². The molecule has 0 unspecified atom stereocenters. The zero-order chi connectivity index (χ0) is 9.42. The van der Waals surface area contributed by atoms with Gasteiger partial charge in [-0.05, 0) is 12.5 Å². The van der Waals surface area contributed by atoms with E-state index in [2.05, 4.69) is 0 Å². The Hall–Kier alpha value is -1.35. The van der Waals surface area contributed by atoms with Crippen LogP contribution in [0.5, 0.6) is 0 Å². The summed E-state index contributed by atoms with van der Waals surface area (Å²) in [5, 5.41) is 0. The quantitative estimate of drug-likeness (QED) is 0.683. The summed E-state index contributed by atoms with van der Waals surface area (Å²) < 4.78 is 5.13. The average Bonchev–Trinajstić information content (AvgIpc) is 2.85. The van der Waals surface area contributed by atoms with Gasteiger partial charge in [0, 0.05) is 0 Å². The molecule has 0 aliphatic carbocycles. The van der Waals surface area contributed by atoms with E-state index in [1.807, 2.05) is 31.2 Å². The van der Waals surface area contributed by atoms with Crippen LogP contribution in [0.4, 0.5) is 0 Å². The third-order valence-corrected chi connectivity index (χ3v) is 2.18. The summed E-state index contributed by atoms with van der Waals surface area (Å²) in [6.45, 7) is 2.02. The fourth-order valence-electron chi connectivity index (χ4n) is 1.34. The van der Waals surface area contributed by atoms with Crippen LogP contribution in [0.15, 0.2) is 24.3 Å². The van der Waals surface area contributed by atoms with Crippen LogP contribution in [0.3, 0.4) is 0 Å². The smallest absolute Gasteiger partial charge is 0.249 e. The molecule has 0 radical (unpaired) electrons. The molecule has 68 valence electrons. The molecule has 0 saturated carbocycles. The summed E-state index contributed by atoms with van der Waals surface area (Å²) >= 11 is 0. The van der Waals surface area contributed by atoms with Crippen LogP contribution < -0.4 is 5.73 Å². The zero-order valence-corrected chi connectivity index (χ0v) is 7.36. The fourth-order valence-corrected chi connectivity index (χ4v) is 1.34. The van der Waals surface area contributed by atoms with Crippen molar-refractivity contribution in [3.05, 3.63) is 35.4 Å². The van der Waals surface area contributed by atoms with Crippen LogP contribution in [-0.2, 0) is 9.53 Å². The zero-order valence-electron chi connectivity index (χ0n) is 7.36. The number of amides is 1. The highest BCUT2D eigenvalue weighted by atomic mass is 16.6. The van der Waals surface area contributed by atoms with Gasteiger partial charge in [-0.25, -0.2) is 0 Å².